The molecular formula is C23H31N7O3. The largest absolute Gasteiger partial charge is 0.489 e. The predicted octanol–water partition coefficient (Wildman–Crippen LogP) is 3.19. The van der Waals surface area contributed by atoms with Crippen molar-refractivity contribution in [2.45, 2.75) is 71.4 Å². The van der Waals surface area contributed by atoms with Gasteiger partial charge in [-0.05, 0) is 57.6 Å². The highest BCUT2D eigenvalue weighted by molar-refractivity contribution is 5.70. The molecule has 0 aromatic carbocycles. The van der Waals surface area contributed by atoms with E-state index in [0.29, 0.717) is 36.5 Å². The van der Waals surface area contributed by atoms with E-state index in [4.69, 9.17) is 9.72 Å². The number of pyridine rings is 1. The van der Waals surface area contributed by atoms with Gasteiger partial charge in [0.2, 0.25) is 0 Å². The molecule has 1 N–H and O–H groups in total. The van der Waals surface area contributed by atoms with E-state index in [1.165, 1.54) is 0 Å². The van der Waals surface area contributed by atoms with Gasteiger partial charge in [-0.1, -0.05) is 23.8 Å². The maximum absolute atomic E-state index is 11.3. The average molecular weight is 454 g/mol. The lowest BCUT2D eigenvalue weighted by Gasteiger charge is -2.27. The number of ether oxygens (including phenoxy) is 1. The first-order valence-corrected chi connectivity index (χ1v) is 11.6. The zero-order valence-electron chi connectivity index (χ0n) is 19.4. The van der Waals surface area contributed by atoms with E-state index >= 15 is 0 Å². The molecule has 3 heterocycles. The van der Waals surface area contributed by atoms with Gasteiger partial charge >= 0.3 is 5.97 Å². The van der Waals surface area contributed by atoms with E-state index in [1.807, 2.05) is 32.3 Å². The van der Waals surface area contributed by atoms with E-state index in [1.54, 1.807) is 9.36 Å². The number of carboxylic acid groups (broad SMARTS) is 1. The lowest BCUT2D eigenvalue weighted by Crippen LogP contribution is -2.29. The summed E-state index contributed by atoms with van der Waals surface area (Å²) in [5.74, 6) is -0.400. The molecule has 0 spiro atoms. The molecule has 10 nitrogen and oxygen atoms in total. The van der Waals surface area contributed by atoms with Gasteiger partial charge in [0.15, 0.2) is 0 Å². The smallest absolute Gasteiger partial charge is 0.306 e. The van der Waals surface area contributed by atoms with Gasteiger partial charge in [0.25, 0.3) is 0 Å². The van der Waals surface area contributed by atoms with E-state index < -0.39 is 5.97 Å². The van der Waals surface area contributed by atoms with Crippen LogP contribution in [0.1, 0.15) is 62.5 Å². The average Bonchev–Trinajstić information content (AvgIpc) is 3.41. The first kappa shape index (κ1) is 22.9. The highest BCUT2D eigenvalue weighted by atomic mass is 16.5. The van der Waals surface area contributed by atoms with Crippen LogP contribution in [-0.2, 0) is 24.8 Å². The van der Waals surface area contributed by atoms with E-state index in [9.17, 15) is 9.90 Å². The topological polar surface area (TPSA) is 121 Å². The van der Waals surface area contributed by atoms with Crippen LogP contribution in [0.25, 0.3) is 11.4 Å². The third kappa shape index (κ3) is 5.37. The van der Waals surface area contributed by atoms with Crippen LogP contribution in [0.4, 0.5) is 0 Å². The lowest BCUT2D eigenvalue weighted by molar-refractivity contribution is -0.143. The normalized spacial score (nSPS) is 18.4. The molecule has 3 aromatic heterocycles. The monoisotopic (exact) mass is 453 g/mol. The Kier molecular flexibility index (Phi) is 7.00. The molecule has 4 rings (SSSR count). The number of hydrogen-bond donors (Lipinski definition) is 1. The molecule has 1 aliphatic carbocycles. The number of aromatic nitrogens is 7. The Labute approximate surface area is 193 Å². The Morgan fingerprint density at radius 2 is 2.09 bits per heavy atom. The van der Waals surface area contributed by atoms with Crippen LogP contribution >= 0.6 is 0 Å². The molecule has 2 unspecified atom stereocenters. The van der Waals surface area contributed by atoms with Crippen molar-refractivity contribution in [3.05, 3.63) is 35.4 Å². The fourth-order valence-corrected chi connectivity index (χ4v) is 4.26. The molecule has 3 aromatic rings. The number of rotatable bonds is 9. The molecule has 0 bridgehead atoms. The van der Waals surface area contributed by atoms with Crippen molar-refractivity contribution < 1.29 is 14.6 Å². The molecule has 33 heavy (non-hydrogen) atoms. The summed E-state index contributed by atoms with van der Waals surface area (Å²) >= 11 is 0. The van der Waals surface area contributed by atoms with E-state index in [0.717, 1.165) is 49.2 Å². The molecule has 10 heteroatoms. The molecule has 1 aliphatic rings. The minimum absolute atomic E-state index is 0.104. The number of nitrogens with zero attached hydrogens (tertiary/aromatic N) is 7. The van der Waals surface area contributed by atoms with E-state index in [2.05, 4.69) is 27.5 Å². The van der Waals surface area contributed by atoms with Crippen molar-refractivity contribution >= 4 is 5.97 Å². The van der Waals surface area contributed by atoms with E-state index in [-0.39, 0.29) is 12.0 Å². The first-order chi connectivity index (χ1) is 15.9. The van der Waals surface area contributed by atoms with Gasteiger partial charge < -0.3 is 9.84 Å². The second-order valence-electron chi connectivity index (χ2n) is 8.74. The van der Waals surface area contributed by atoms with Gasteiger partial charge in [-0.3, -0.25) is 4.79 Å². The van der Waals surface area contributed by atoms with Gasteiger partial charge in [0, 0.05) is 13.2 Å². The van der Waals surface area contributed by atoms with Crippen molar-refractivity contribution in [3.63, 3.8) is 0 Å². The van der Waals surface area contributed by atoms with Crippen LogP contribution in [0.5, 0.6) is 5.75 Å². The summed E-state index contributed by atoms with van der Waals surface area (Å²) in [6.45, 7) is 4.55. The molecule has 0 saturated heterocycles. The summed E-state index contributed by atoms with van der Waals surface area (Å²) in [4.78, 5) is 16.1. The second-order valence-corrected chi connectivity index (χ2v) is 8.74. The van der Waals surface area contributed by atoms with Crippen molar-refractivity contribution in [1.82, 2.24) is 35.0 Å². The summed E-state index contributed by atoms with van der Waals surface area (Å²) in [6, 6.07) is 3.76. The number of aryl methyl sites for hydroxylation is 3. The van der Waals surface area contributed by atoms with Crippen molar-refractivity contribution in [2.75, 3.05) is 0 Å². The van der Waals surface area contributed by atoms with Crippen molar-refractivity contribution in [3.8, 4) is 17.1 Å². The second kappa shape index (κ2) is 10.1. The molecule has 0 amide bonds. The Balaban J connectivity index is 1.49. The van der Waals surface area contributed by atoms with Gasteiger partial charge in [0.05, 0.1) is 41.3 Å². The van der Waals surface area contributed by atoms with Gasteiger partial charge in [-0.15, -0.1) is 10.2 Å². The van der Waals surface area contributed by atoms with Crippen molar-refractivity contribution in [1.29, 1.82) is 0 Å². The minimum Gasteiger partial charge on any atom is -0.489 e. The molecule has 2 atom stereocenters. The third-order valence-corrected chi connectivity index (χ3v) is 6.18. The fraction of sp³-hybridized carbons (Fsp3) is 0.565. The highest BCUT2D eigenvalue weighted by Crippen LogP contribution is 2.30. The van der Waals surface area contributed by atoms with Crippen LogP contribution in [0, 0.1) is 12.8 Å². The SMILES string of the molecule is CCCCc1cn(Cc2c(-c3ccc(OC4CCCC(C(=O)O)C4)c(C)n3)nnn2C)nn1. The van der Waals surface area contributed by atoms with Crippen LogP contribution < -0.4 is 4.74 Å². The molecule has 0 aliphatic heterocycles. The summed E-state index contributed by atoms with van der Waals surface area (Å²) < 4.78 is 9.67. The van der Waals surface area contributed by atoms with Crippen LogP contribution in [0.15, 0.2) is 18.3 Å². The van der Waals surface area contributed by atoms with Crippen LogP contribution in [0.3, 0.4) is 0 Å². The van der Waals surface area contributed by atoms with Crippen LogP contribution in [0.2, 0.25) is 0 Å². The van der Waals surface area contributed by atoms with Crippen LogP contribution in [-0.4, -0.2) is 52.2 Å². The maximum atomic E-state index is 11.3. The Bertz CT molecular complexity index is 1110. The molecule has 1 saturated carbocycles. The molecule has 1 fully saturated rings. The summed E-state index contributed by atoms with van der Waals surface area (Å²) in [5, 5.41) is 26.4. The van der Waals surface area contributed by atoms with Gasteiger partial charge in [-0.2, -0.15) is 0 Å². The first-order valence-electron chi connectivity index (χ1n) is 11.6. The van der Waals surface area contributed by atoms with Crippen molar-refractivity contribution in [2.24, 2.45) is 13.0 Å². The number of unbranched alkanes of at least 4 members (excludes halogenated alkanes) is 1. The lowest BCUT2D eigenvalue weighted by atomic mass is 9.87. The quantitative estimate of drug-likeness (QED) is 0.524. The maximum Gasteiger partial charge on any atom is 0.306 e. The van der Waals surface area contributed by atoms with Gasteiger partial charge in [-0.25, -0.2) is 14.3 Å². The molecular weight excluding hydrogens is 422 g/mol. The third-order valence-electron chi connectivity index (χ3n) is 6.18. The number of carbonyl (C=O) groups is 1. The van der Waals surface area contributed by atoms with Gasteiger partial charge in [0.1, 0.15) is 11.4 Å². The number of hydrogen-bond acceptors (Lipinski definition) is 7. The Morgan fingerprint density at radius 3 is 2.85 bits per heavy atom. The molecule has 0 radical (unpaired) electrons. The highest BCUT2D eigenvalue weighted by Gasteiger charge is 2.28. The number of carboxylic acids is 1. The number of aliphatic carboxylic acids is 1. The molecule has 176 valence electrons. The summed E-state index contributed by atoms with van der Waals surface area (Å²) in [5.41, 5.74) is 4.02. The zero-order chi connectivity index (χ0) is 23.4. The summed E-state index contributed by atoms with van der Waals surface area (Å²) in [7, 11) is 1.85. The minimum atomic E-state index is -0.742. The predicted molar refractivity (Wildman–Crippen MR) is 121 cm³/mol. The standard InChI is InChI=1S/C23H31N7O3/c1-4-5-8-17-13-30(28-25-17)14-20-22(26-27-29(20)3)19-10-11-21(15(2)24-19)33-18-9-6-7-16(12-18)23(31)32/h10-11,13,16,18H,4-9,12,14H2,1-3H3,(H,31,32). The fourth-order valence-electron chi connectivity index (χ4n) is 4.26. The summed E-state index contributed by atoms with van der Waals surface area (Å²) in [6.07, 6.45) is 7.96. The Hall–Kier alpha value is -3.30. The Morgan fingerprint density at radius 1 is 1.24 bits per heavy atom. The zero-order valence-corrected chi connectivity index (χ0v) is 19.4.